The van der Waals surface area contributed by atoms with Gasteiger partial charge in [0.1, 0.15) is 5.01 Å². The average Bonchev–Trinajstić information content (AvgIpc) is 3.50. The van der Waals surface area contributed by atoms with Gasteiger partial charge in [-0.25, -0.2) is 4.98 Å². The molecule has 0 fully saturated rings. The lowest BCUT2D eigenvalue weighted by Gasteiger charge is -2.08. The molecular weight excluding hydrogens is 452 g/mol. The number of nitrogen functional groups attached to an aromatic ring is 1. The van der Waals surface area contributed by atoms with Crippen molar-refractivity contribution in [1.29, 1.82) is 0 Å². The number of benzene rings is 2. The van der Waals surface area contributed by atoms with E-state index in [-0.39, 0.29) is 0 Å². The molecule has 5 aromatic rings. The van der Waals surface area contributed by atoms with Crippen LogP contribution in [0.4, 0.5) is 5.82 Å². The summed E-state index contributed by atoms with van der Waals surface area (Å²) in [5.74, 6) is 1.64. The molecule has 0 aliphatic rings. The van der Waals surface area contributed by atoms with Crippen molar-refractivity contribution in [1.82, 2.24) is 24.8 Å². The van der Waals surface area contributed by atoms with Crippen LogP contribution in [0.3, 0.4) is 0 Å². The summed E-state index contributed by atoms with van der Waals surface area (Å²) in [4.78, 5) is 4.75. The van der Waals surface area contributed by atoms with E-state index in [0.29, 0.717) is 40.3 Å². The lowest BCUT2D eigenvalue weighted by Crippen LogP contribution is -2.05. The predicted octanol–water partition coefficient (Wildman–Crippen LogP) is 4.33. The minimum Gasteiger partial charge on any atom is -0.493 e. The molecule has 3 heterocycles. The second kappa shape index (κ2) is 9.08. The number of fused-ring (bicyclic) bond motifs is 1. The van der Waals surface area contributed by atoms with E-state index in [1.807, 2.05) is 53.9 Å². The van der Waals surface area contributed by atoms with E-state index in [2.05, 4.69) is 15.3 Å². The van der Waals surface area contributed by atoms with Crippen LogP contribution < -0.4 is 15.2 Å². The molecule has 0 radical (unpaired) electrons. The van der Waals surface area contributed by atoms with E-state index in [1.165, 1.54) is 11.3 Å². The maximum absolute atomic E-state index is 6.53. The van der Waals surface area contributed by atoms with Crippen molar-refractivity contribution in [2.45, 2.75) is 6.61 Å². The largest absolute Gasteiger partial charge is 0.493 e. The number of nitrogens with zero attached hydrogens (tertiary/aromatic N) is 5. The van der Waals surface area contributed by atoms with Crippen molar-refractivity contribution in [3.8, 4) is 44.6 Å². The molecule has 0 aliphatic carbocycles. The minimum atomic E-state index is 0.322. The number of methoxy groups -OCH3 is 3. The van der Waals surface area contributed by atoms with Gasteiger partial charge >= 0.3 is 0 Å². The van der Waals surface area contributed by atoms with Crippen molar-refractivity contribution < 1.29 is 14.2 Å². The Bertz CT molecular complexity index is 1460. The SMILES string of the molecule is COCc1nn2c(N)c(-c3nc(-c4ccc(OC)c(OC)c4)cs3)nnc2c1-c1ccccc1. The van der Waals surface area contributed by atoms with Crippen molar-refractivity contribution in [2.24, 2.45) is 0 Å². The zero-order chi connectivity index (χ0) is 23.7. The van der Waals surface area contributed by atoms with Gasteiger partial charge in [0.25, 0.3) is 0 Å². The van der Waals surface area contributed by atoms with Crippen LogP contribution in [0.15, 0.2) is 53.9 Å². The van der Waals surface area contributed by atoms with Gasteiger partial charge in [0, 0.05) is 18.1 Å². The van der Waals surface area contributed by atoms with E-state index in [0.717, 1.165) is 28.1 Å². The molecule has 0 aliphatic heterocycles. The highest BCUT2D eigenvalue weighted by molar-refractivity contribution is 7.13. The smallest absolute Gasteiger partial charge is 0.187 e. The molecule has 3 aromatic heterocycles. The van der Waals surface area contributed by atoms with Gasteiger partial charge in [0.2, 0.25) is 0 Å². The fourth-order valence-electron chi connectivity index (χ4n) is 3.76. The topological polar surface area (TPSA) is 110 Å². The molecular formula is C24H22N6O3S. The number of rotatable bonds is 7. The number of hydrogen-bond donors (Lipinski definition) is 1. The van der Waals surface area contributed by atoms with E-state index < -0.39 is 0 Å². The van der Waals surface area contributed by atoms with Crippen molar-refractivity contribution >= 4 is 22.8 Å². The summed E-state index contributed by atoms with van der Waals surface area (Å²) in [6.45, 7) is 0.322. The molecule has 0 saturated carbocycles. The van der Waals surface area contributed by atoms with Crippen LogP contribution in [0, 0.1) is 0 Å². The van der Waals surface area contributed by atoms with Gasteiger partial charge in [-0.1, -0.05) is 30.3 Å². The third kappa shape index (κ3) is 3.72. The summed E-state index contributed by atoms with van der Waals surface area (Å²) >= 11 is 1.43. The second-order valence-corrected chi connectivity index (χ2v) is 8.26. The molecule has 0 spiro atoms. The summed E-state index contributed by atoms with van der Waals surface area (Å²) in [7, 11) is 4.84. The van der Waals surface area contributed by atoms with Gasteiger partial charge in [-0.15, -0.1) is 21.5 Å². The molecule has 0 bridgehead atoms. The Hall–Kier alpha value is -4.02. The maximum Gasteiger partial charge on any atom is 0.187 e. The van der Waals surface area contributed by atoms with Crippen LogP contribution in [0.5, 0.6) is 11.5 Å². The summed E-state index contributed by atoms with van der Waals surface area (Å²) < 4.78 is 17.7. The summed E-state index contributed by atoms with van der Waals surface area (Å²) in [5.41, 5.74) is 11.8. The van der Waals surface area contributed by atoms with E-state index >= 15 is 0 Å². The zero-order valence-electron chi connectivity index (χ0n) is 18.8. The third-order valence-corrected chi connectivity index (χ3v) is 6.23. The highest BCUT2D eigenvalue weighted by Gasteiger charge is 2.22. The average molecular weight is 475 g/mol. The van der Waals surface area contributed by atoms with Gasteiger partial charge < -0.3 is 19.9 Å². The molecule has 0 atom stereocenters. The highest BCUT2D eigenvalue weighted by atomic mass is 32.1. The van der Waals surface area contributed by atoms with Crippen molar-refractivity contribution in [2.75, 3.05) is 27.1 Å². The van der Waals surface area contributed by atoms with Gasteiger partial charge in [0.05, 0.1) is 37.8 Å². The number of aromatic nitrogens is 5. The fraction of sp³-hybridized carbons (Fsp3) is 0.167. The summed E-state index contributed by atoms with van der Waals surface area (Å²) in [6, 6.07) is 15.5. The van der Waals surface area contributed by atoms with Gasteiger partial charge in [-0.2, -0.15) is 9.61 Å². The quantitative estimate of drug-likeness (QED) is 0.371. The highest BCUT2D eigenvalue weighted by Crippen LogP contribution is 2.36. The first-order chi connectivity index (χ1) is 16.6. The minimum absolute atomic E-state index is 0.322. The van der Waals surface area contributed by atoms with Crippen molar-refractivity contribution in [3.63, 3.8) is 0 Å². The lowest BCUT2D eigenvalue weighted by atomic mass is 10.1. The molecule has 9 nitrogen and oxygen atoms in total. The number of hydrogen-bond acceptors (Lipinski definition) is 9. The first kappa shape index (κ1) is 21.8. The lowest BCUT2D eigenvalue weighted by molar-refractivity contribution is 0.181. The number of ether oxygens (including phenoxy) is 3. The molecule has 34 heavy (non-hydrogen) atoms. The van der Waals surface area contributed by atoms with E-state index in [1.54, 1.807) is 25.8 Å². The van der Waals surface area contributed by atoms with Gasteiger partial charge in [-0.3, -0.25) is 0 Å². The van der Waals surface area contributed by atoms with Crippen LogP contribution in [-0.2, 0) is 11.3 Å². The van der Waals surface area contributed by atoms with Crippen LogP contribution in [0.1, 0.15) is 5.69 Å². The second-order valence-electron chi connectivity index (χ2n) is 7.40. The Kier molecular flexibility index (Phi) is 5.83. The Morgan fingerprint density at radius 1 is 0.941 bits per heavy atom. The predicted molar refractivity (Wildman–Crippen MR) is 131 cm³/mol. The molecule has 2 aromatic carbocycles. The molecule has 0 saturated heterocycles. The summed E-state index contributed by atoms with van der Waals surface area (Å²) in [6.07, 6.45) is 0. The Labute approximate surface area is 199 Å². The zero-order valence-corrected chi connectivity index (χ0v) is 19.7. The maximum atomic E-state index is 6.53. The van der Waals surface area contributed by atoms with E-state index in [9.17, 15) is 0 Å². The molecule has 10 heteroatoms. The molecule has 5 rings (SSSR count). The Balaban J connectivity index is 1.58. The van der Waals surface area contributed by atoms with Crippen LogP contribution in [-0.4, -0.2) is 46.1 Å². The Morgan fingerprint density at radius 3 is 2.47 bits per heavy atom. The fourth-order valence-corrected chi connectivity index (χ4v) is 4.58. The molecule has 0 amide bonds. The monoisotopic (exact) mass is 474 g/mol. The van der Waals surface area contributed by atoms with E-state index in [4.69, 9.17) is 24.9 Å². The standard InChI is InChI=1S/C24H22N6O3S/c1-31-12-16-20(14-7-5-4-6-8-14)23-28-27-21(22(25)30(23)29-16)24-26-17(13-34-24)15-9-10-18(32-2)19(11-15)33-3/h4-11,13H,12,25H2,1-3H3. The molecule has 2 N–H and O–H groups in total. The third-order valence-electron chi connectivity index (χ3n) is 5.38. The summed E-state index contributed by atoms with van der Waals surface area (Å²) in [5, 5.41) is 16.2. The molecule has 0 unspecified atom stereocenters. The Morgan fingerprint density at radius 2 is 1.74 bits per heavy atom. The van der Waals surface area contributed by atoms with Crippen LogP contribution in [0.25, 0.3) is 38.7 Å². The number of nitrogens with two attached hydrogens (primary N) is 1. The van der Waals surface area contributed by atoms with Gasteiger partial charge in [-0.05, 0) is 23.8 Å². The number of thiazole rings is 1. The molecule has 172 valence electrons. The van der Waals surface area contributed by atoms with Gasteiger partial charge in [0.15, 0.2) is 28.7 Å². The number of anilines is 1. The van der Waals surface area contributed by atoms with Crippen molar-refractivity contribution in [3.05, 3.63) is 59.6 Å². The van der Waals surface area contributed by atoms with Crippen LogP contribution >= 0.6 is 11.3 Å². The normalized spacial score (nSPS) is 11.1. The van der Waals surface area contributed by atoms with Crippen LogP contribution in [0.2, 0.25) is 0 Å². The first-order valence-electron chi connectivity index (χ1n) is 10.4. The first-order valence-corrected chi connectivity index (χ1v) is 11.3.